The molecule has 0 aliphatic carbocycles. The number of thiazole rings is 1. The Bertz CT molecular complexity index is 612. The number of likely N-dealkylation sites (N-methyl/N-ethyl adjacent to an activating group) is 1. The fourth-order valence-electron chi connectivity index (χ4n) is 2.02. The fraction of sp³-hybridized carbons (Fsp3) is 0.538. The van der Waals surface area contributed by atoms with Gasteiger partial charge < -0.3 is 5.11 Å². The summed E-state index contributed by atoms with van der Waals surface area (Å²) in [5, 5.41) is 11.7. The van der Waals surface area contributed by atoms with E-state index in [1.165, 1.54) is 11.3 Å². The van der Waals surface area contributed by atoms with Crippen LogP contribution in [0.15, 0.2) is 22.4 Å². The van der Waals surface area contributed by atoms with Gasteiger partial charge in [0.2, 0.25) is 0 Å². The average molecular weight is 281 g/mol. The molecule has 0 radical (unpaired) electrons. The van der Waals surface area contributed by atoms with Crippen molar-refractivity contribution in [3.63, 3.8) is 0 Å². The van der Waals surface area contributed by atoms with Crippen LogP contribution in [0.3, 0.4) is 0 Å². The highest BCUT2D eigenvalue weighted by atomic mass is 32.1. The van der Waals surface area contributed by atoms with E-state index in [1.54, 1.807) is 30.5 Å². The number of hydrogen-bond acceptors (Lipinski definition) is 5. The van der Waals surface area contributed by atoms with Crippen LogP contribution in [0, 0.1) is 0 Å². The van der Waals surface area contributed by atoms with Crippen molar-refractivity contribution in [1.82, 2.24) is 14.3 Å². The fourth-order valence-corrected chi connectivity index (χ4v) is 2.76. The summed E-state index contributed by atoms with van der Waals surface area (Å²) in [6.45, 7) is 7.51. The first-order valence-corrected chi connectivity index (χ1v) is 7.17. The van der Waals surface area contributed by atoms with Gasteiger partial charge in [0.05, 0.1) is 11.3 Å². The largest absolute Gasteiger partial charge is 0.389 e. The van der Waals surface area contributed by atoms with Gasteiger partial charge in [0.15, 0.2) is 4.96 Å². The number of aliphatic hydroxyl groups is 1. The van der Waals surface area contributed by atoms with Crippen LogP contribution in [0.1, 0.15) is 26.5 Å². The maximum Gasteiger partial charge on any atom is 0.258 e. The molecule has 0 fully saturated rings. The lowest BCUT2D eigenvalue weighted by Gasteiger charge is -2.27. The van der Waals surface area contributed by atoms with Crippen LogP contribution >= 0.6 is 11.3 Å². The monoisotopic (exact) mass is 281 g/mol. The Morgan fingerprint density at radius 2 is 2.26 bits per heavy atom. The van der Waals surface area contributed by atoms with E-state index in [0.29, 0.717) is 18.1 Å². The lowest BCUT2D eigenvalue weighted by atomic mass is 10.1. The molecule has 0 unspecified atom stereocenters. The molecule has 0 bridgehead atoms. The summed E-state index contributed by atoms with van der Waals surface area (Å²) in [6, 6.07) is 1.56. The van der Waals surface area contributed by atoms with E-state index in [2.05, 4.69) is 9.88 Å². The summed E-state index contributed by atoms with van der Waals surface area (Å²) >= 11 is 1.45. The summed E-state index contributed by atoms with van der Waals surface area (Å²) in [6.07, 6.45) is 1.73. The molecule has 0 atom stereocenters. The van der Waals surface area contributed by atoms with Gasteiger partial charge >= 0.3 is 0 Å². The van der Waals surface area contributed by atoms with Crippen molar-refractivity contribution in [3.8, 4) is 0 Å². The second-order valence-corrected chi connectivity index (χ2v) is 6.13. The molecule has 0 saturated heterocycles. The molecule has 0 aromatic carbocycles. The molecule has 19 heavy (non-hydrogen) atoms. The summed E-state index contributed by atoms with van der Waals surface area (Å²) in [4.78, 5) is 19.1. The van der Waals surface area contributed by atoms with Crippen LogP contribution in [-0.4, -0.2) is 38.1 Å². The Labute approximate surface area is 116 Å². The Morgan fingerprint density at radius 3 is 2.89 bits per heavy atom. The Morgan fingerprint density at radius 1 is 1.53 bits per heavy atom. The highest BCUT2D eigenvalue weighted by Crippen LogP contribution is 2.10. The van der Waals surface area contributed by atoms with E-state index in [-0.39, 0.29) is 5.56 Å². The first-order chi connectivity index (χ1) is 8.89. The minimum atomic E-state index is -0.752. The van der Waals surface area contributed by atoms with Gasteiger partial charge in [-0.25, -0.2) is 4.98 Å². The molecule has 2 rings (SSSR count). The smallest absolute Gasteiger partial charge is 0.258 e. The summed E-state index contributed by atoms with van der Waals surface area (Å²) < 4.78 is 1.54. The van der Waals surface area contributed by atoms with Gasteiger partial charge in [-0.15, -0.1) is 11.3 Å². The number of fused-ring (bicyclic) bond motifs is 1. The molecule has 0 spiro atoms. The second kappa shape index (κ2) is 5.40. The van der Waals surface area contributed by atoms with Crippen molar-refractivity contribution in [2.75, 3.05) is 13.1 Å². The van der Waals surface area contributed by atoms with E-state index in [9.17, 15) is 9.90 Å². The lowest BCUT2D eigenvalue weighted by molar-refractivity contribution is 0.0350. The second-order valence-electron chi connectivity index (χ2n) is 5.26. The van der Waals surface area contributed by atoms with Gasteiger partial charge in [-0.3, -0.25) is 14.1 Å². The molecule has 2 aromatic rings. The normalized spacial score (nSPS) is 12.5. The van der Waals surface area contributed by atoms with E-state index in [1.807, 2.05) is 12.3 Å². The molecule has 2 heterocycles. The molecule has 0 saturated carbocycles. The minimum absolute atomic E-state index is 0.0550. The third-order valence-corrected chi connectivity index (χ3v) is 3.56. The summed E-state index contributed by atoms with van der Waals surface area (Å²) in [5.74, 6) is 0. The first-order valence-electron chi connectivity index (χ1n) is 6.29. The highest BCUT2D eigenvalue weighted by molar-refractivity contribution is 7.15. The lowest BCUT2D eigenvalue weighted by Crippen LogP contribution is -2.38. The summed E-state index contributed by atoms with van der Waals surface area (Å²) in [5.41, 5.74) is -0.0583. The van der Waals surface area contributed by atoms with Crippen molar-refractivity contribution < 1.29 is 5.11 Å². The number of aromatic nitrogens is 2. The summed E-state index contributed by atoms with van der Waals surface area (Å²) in [7, 11) is 0. The van der Waals surface area contributed by atoms with Crippen molar-refractivity contribution in [1.29, 1.82) is 0 Å². The maximum atomic E-state index is 11.9. The SMILES string of the molecule is CCN(Cc1cc(=O)n2ccsc2n1)CC(C)(C)O. The van der Waals surface area contributed by atoms with E-state index in [4.69, 9.17) is 0 Å². The van der Waals surface area contributed by atoms with Gasteiger partial charge in [0.1, 0.15) is 0 Å². The van der Waals surface area contributed by atoms with E-state index < -0.39 is 5.60 Å². The zero-order chi connectivity index (χ0) is 14.0. The quantitative estimate of drug-likeness (QED) is 0.899. The van der Waals surface area contributed by atoms with Crippen molar-refractivity contribution >= 4 is 16.3 Å². The molecule has 1 N–H and O–H groups in total. The molecule has 5 nitrogen and oxygen atoms in total. The maximum absolute atomic E-state index is 11.9. The van der Waals surface area contributed by atoms with Crippen LogP contribution in [0.4, 0.5) is 0 Å². The predicted molar refractivity (Wildman–Crippen MR) is 76.6 cm³/mol. The van der Waals surface area contributed by atoms with Crippen LogP contribution in [0.5, 0.6) is 0 Å². The molecular weight excluding hydrogens is 262 g/mol. The van der Waals surface area contributed by atoms with Crippen LogP contribution in [0.2, 0.25) is 0 Å². The van der Waals surface area contributed by atoms with Gasteiger partial charge in [0.25, 0.3) is 5.56 Å². The molecule has 6 heteroatoms. The van der Waals surface area contributed by atoms with Gasteiger partial charge in [-0.2, -0.15) is 0 Å². The molecule has 0 amide bonds. The zero-order valence-corrected chi connectivity index (χ0v) is 12.3. The highest BCUT2D eigenvalue weighted by Gasteiger charge is 2.18. The van der Waals surface area contributed by atoms with Crippen LogP contribution < -0.4 is 5.56 Å². The van der Waals surface area contributed by atoms with Crippen LogP contribution in [0.25, 0.3) is 4.96 Å². The topological polar surface area (TPSA) is 57.8 Å². The third kappa shape index (κ3) is 3.62. The third-order valence-electron chi connectivity index (χ3n) is 2.80. The molecule has 2 aromatic heterocycles. The number of rotatable bonds is 5. The van der Waals surface area contributed by atoms with Crippen molar-refractivity contribution in [3.05, 3.63) is 33.7 Å². The molecule has 0 aliphatic rings. The Hall–Kier alpha value is -1.24. The number of nitrogens with zero attached hydrogens (tertiary/aromatic N) is 3. The Balaban J connectivity index is 2.22. The van der Waals surface area contributed by atoms with E-state index in [0.717, 1.165) is 12.2 Å². The number of hydrogen-bond donors (Lipinski definition) is 1. The first kappa shape index (κ1) is 14.2. The molecule has 0 aliphatic heterocycles. The standard InChI is InChI=1S/C13H19N3O2S/c1-4-15(9-13(2,3)18)8-10-7-11(17)16-5-6-19-12(16)14-10/h5-7,18H,4,8-9H2,1-3H3. The zero-order valence-electron chi connectivity index (χ0n) is 11.5. The van der Waals surface area contributed by atoms with Crippen molar-refractivity contribution in [2.24, 2.45) is 0 Å². The van der Waals surface area contributed by atoms with Crippen LogP contribution in [-0.2, 0) is 6.54 Å². The minimum Gasteiger partial charge on any atom is -0.389 e. The predicted octanol–water partition coefficient (Wildman–Crippen LogP) is 1.35. The van der Waals surface area contributed by atoms with Gasteiger partial charge in [-0.1, -0.05) is 6.92 Å². The van der Waals surface area contributed by atoms with E-state index >= 15 is 0 Å². The molecular formula is C13H19N3O2S. The van der Waals surface area contributed by atoms with Crippen molar-refractivity contribution in [2.45, 2.75) is 32.9 Å². The van der Waals surface area contributed by atoms with Gasteiger partial charge in [0, 0.05) is 30.7 Å². The average Bonchev–Trinajstić information content (AvgIpc) is 2.74. The van der Waals surface area contributed by atoms with Gasteiger partial charge in [-0.05, 0) is 20.4 Å². The molecule has 104 valence electrons. The Kier molecular flexibility index (Phi) is 4.03.